The Kier molecular flexibility index (Phi) is 6.40. The molecular weight excluding hydrogens is 444 g/mol. The van der Waals surface area contributed by atoms with Gasteiger partial charge in [0.1, 0.15) is 21.9 Å². The van der Waals surface area contributed by atoms with Crippen molar-refractivity contribution in [1.82, 2.24) is 9.55 Å². The first-order valence-corrected chi connectivity index (χ1v) is 12.5. The summed E-state index contributed by atoms with van der Waals surface area (Å²) in [4.78, 5) is 17.9. The van der Waals surface area contributed by atoms with E-state index in [4.69, 9.17) is 16.3 Å². The zero-order valence-electron chi connectivity index (χ0n) is 17.4. The minimum atomic E-state index is -3.33. The number of esters is 1. The summed E-state index contributed by atoms with van der Waals surface area (Å²) in [6.07, 6.45) is 1.20. The fourth-order valence-corrected chi connectivity index (χ4v) is 5.44. The lowest BCUT2D eigenvalue weighted by Crippen LogP contribution is -2.17. The van der Waals surface area contributed by atoms with Gasteiger partial charge >= 0.3 is 5.97 Å². The van der Waals surface area contributed by atoms with E-state index in [-0.39, 0.29) is 12.6 Å². The number of imidazole rings is 1. The number of hydrogen-bond acceptors (Lipinski definition) is 6. The number of aryl methyl sites for hydroxylation is 2. The number of halogens is 1. The molecule has 0 radical (unpaired) electrons. The standard InChI is InChI=1S/C21H23ClN2O4S2/c1-6-28-21(25)13(3)20-23-14(4)19(22)24(20)18-10-9-16(29-18)15-8-7-12(2)17(11-15)30(5,26)27/h7-11,13H,6H2,1-5H3. The highest BCUT2D eigenvalue weighted by Gasteiger charge is 2.26. The summed E-state index contributed by atoms with van der Waals surface area (Å²) in [5.74, 6) is -0.448. The van der Waals surface area contributed by atoms with Gasteiger partial charge in [-0.05, 0) is 57.0 Å². The molecule has 6 nitrogen and oxygen atoms in total. The van der Waals surface area contributed by atoms with Crippen LogP contribution < -0.4 is 0 Å². The second-order valence-corrected chi connectivity index (χ2v) is 10.5. The molecule has 0 spiro atoms. The molecule has 30 heavy (non-hydrogen) atoms. The van der Waals surface area contributed by atoms with Crippen LogP contribution in [-0.4, -0.2) is 36.8 Å². The smallest absolute Gasteiger partial charge is 0.316 e. The number of benzene rings is 1. The molecule has 0 N–H and O–H groups in total. The van der Waals surface area contributed by atoms with E-state index >= 15 is 0 Å². The maximum atomic E-state index is 12.3. The van der Waals surface area contributed by atoms with Gasteiger partial charge in [-0.2, -0.15) is 0 Å². The van der Waals surface area contributed by atoms with E-state index < -0.39 is 15.8 Å². The van der Waals surface area contributed by atoms with Gasteiger partial charge in [-0.25, -0.2) is 13.4 Å². The summed E-state index contributed by atoms with van der Waals surface area (Å²) in [5.41, 5.74) is 2.12. The predicted molar refractivity (Wildman–Crippen MR) is 120 cm³/mol. The zero-order chi connectivity index (χ0) is 22.2. The number of rotatable bonds is 6. The number of sulfone groups is 1. The molecule has 9 heteroatoms. The number of hydrogen-bond donors (Lipinski definition) is 0. The van der Waals surface area contributed by atoms with E-state index in [0.717, 1.165) is 15.4 Å². The van der Waals surface area contributed by atoms with Gasteiger partial charge in [-0.1, -0.05) is 23.7 Å². The van der Waals surface area contributed by atoms with Crippen molar-refractivity contribution in [3.8, 4) is 15.4 Å². The molecule has 3 rings (SSSR count). The normalized spacial score (nSPS) is 12.7. The fraction of sp³-hybridized carbons (Fsp3) is 0.333. The molecule has 0 aliphatic heterocycles. The molecule has 0 fully saturated rings. The third-order valence-electron chi connectivity index (χ3n) is 4.72. The molecule has 0 aliphatic rings. The van der Waals surface area contributed by atoms with Crippen molar-refractivity contribution in [2.45, 2.75) is 38.5 Å². The third-order valence-corrected chi connectivity index (χ3v) is 7.52. The Balaban J connectivity index is 2.07. The van der Waals surface area contributed by atoms with Crippen molar-refractivity contribution in [3.63, 3.8) is 0 Å². The van der Waals surface area contributed by atoms with Gasteiger partial charge in [0, 0.05) is 11.1 Å². The van der Waals surface area contributed by atoms with Crippen molar-refractivity contribution in [1.29, 1.82) is 0 Å². The molecule has 0 saturated carbocycles. The van der Waals surface area contributed by atoms with Crippen LogP contribution in [0.15, 0.2) is 35.2 Å². The lowest BCUT2D eigenvalue weighted by Gasteiger charge is -2.12. The van der Waals surface area contributed by atoms with Crippen molar-refractivity contribution in [3.05, 3.63) is 52.6 Å². The molecule has 1 unspecified atom stereocenters. The van der Waals surface area contributed by atoms with E-state index in [2.05, 4.69) is 4.98 Å². The lowest BCUT2D eigenvalue weighted by atomic mass is 10.1. The molecule has 0 bridgehead atoms. The van der Waals surface area contributed by atoms with E-state index in [0.29, 0.717) is 27.1 Å². The lowest BCUT2D eigenvalue weighted by molar-refractivity contribution is -0.144. The Hall–Kier alpha value is -2.16. The predicted octanol–water partition coefficient (Wildman–Crippen LogP) is 4.94. The Morgan fingerprint density at radius 2 is 1.97 bits per heavy atom. The van der Waals surface area contributed by atoms with E-state index in [1.807, 2.05) is 18.2 Å². The first kappa shape index (κ1) is 22.5. The first-order chi connectivity index (χ1) is 14.0. The third kappa shape index (κ3) is 4.31. The van der Waals surface area contributed by atoms with E-state index in [9.17, 15) is 13.2 Å². The molecular formula is C21H23ClN2O4S2. The number of carbonyl (C=O) groups is 1. The molecule has 1 aromatic carbocycles. The van der Waals surface area contributed by atoms with Crippen LogP contribution in [0.5, 0.6) is 0 Å². The Labute approximate surface area is 185 Å². The molecule has 0 aliphatic carbocycles. The van der Waals surface area contributed by atoms with Crippen LogP contribution in [0, 0.1) is 13.8 Å². The molecule has 0 saturated heterocycles. The van der Waals surface area contributed by atoms with Crippen LogP contribution >= 0.6 is 22.9 Å². The minimum Gasteiger partial charge on any atom is -0.465 e. The molecule has 2 aromatic heterocycles. The fourth-order valence-electron chi connectivity index (χ4n) is 3.16. The zero-order valence-corrected chi connectivity index (χ0v) is 19.8. The monoisotopic (exact) mass is 466 g/mol. The van der Waals surface area contributed by atoms with Gasteiger partial charge < -0.3 is 4.74 Å². The maximum Gasteiger partial charge on any atom is 0.316 e. The average Bonchev–Trinajstić information content (AvgIpc) is 3.26. The SMILES string of the molecule is CCOC(=O)C(C)c1nc(C)c(Cl)n1-c1ccc(-c2ccc(C)c(S(C)(=O)=O)c2)s1. The summed E-state index contributed by atoms with van der Waals surface area (Å²) in [6.45, 7) is 7.34. The average molecular weight is 467 g/mol. The largest absolute Gasteiger partial charge is 0.465 e. The summed E-state index contributed by atoms with van der Waals surface area (Å²) in [7, 11) is -3.33. The quantitative estimate of drug-likeness (QED) is 0.481. The second kappa shape index (κ2) is 8.53. The van der Waals surface area contributed by atoms with Crippen molar-refractivity contribution >= 4 is 38.7 Å². The Morgan fingerprint density at radius 1 is 1.27 bits per heavy atom. The number of nitrogens with zero attached hydrogens (tertiary/aromatic N) is 2. The van der Waals surface area contributed by atoms with Crippen molar-refractivity contribution in [2.75, 3.05) is 12.9 Å². The van der Waals surface area contributed by atoms with Crippen molar-refractivity contribution in [2.24, 2.45) is 0 Å². The van der Waals surface area contributed by atoms with Crippen LogP contribution in [-0.2, 0) is 19.4 Å². The van der Waals surface area contributed by atoms with Crippen LogP contribution in [0.4, 0.5) is 0 Å². The van der Waals surface area contributed by atoms with Crippen molar-refractivity contribution < 1.29 is 17.9 Å². The molecule has 1 atom stereocenters. The highest BCUT2D eigenvalue weighted by atomic mass is 35.5. The van der Waals surface area contributed by atoms with Crippen LogP contribution in [0.2, 0.25) is 5.15 Å². The first-order valence-electron chi connectivity index (χ1n) is 9.37. The van der Waals surface area contributed by atoms with Crippen LogP contribution in [0.1, 0.15) is 36.8 Å². The van der Waals surface area contributed by atoms with Gasteiger partial charge in [-0.3, -0.25) is 9.36 Å². The van der Waals surface area contributed by atoms with Gasteiger partial charge in [0.25, 0.3) is 0 Å². The molecule has 0 amide bonds. The van der Waals surface area contributed by atoms with Gasteiger partial charge in [0.05, 0.1) is 17.2 Å². The maximum absolute atomic E-state index is 12.3. The van der Waals surface area contributed by atoms with Crippen LogP contribution in [0.3, 0.4) is 0 Å². The Morgan fingerprint density at radius 3 is 2.60 bits per heavy atom. The van der Waals surface area contributed by atoms with Gasteiger partial charge in [0.15, 0.2) is 9.84 Å². The number of aromatic nitrogens is 2. The summed E-state index contributed by atoms with van der Waals surface area (Å²) in [6, 6.07) is 9.16. The number of carbonyl (C=O) groups excluding carboxylic acids is 1. The highest BCUT2D eigenvalue weighted by molar-refractivity contribution is 7.90. The van der Waals surface area contributed by atoms with Gasteiger partial charge in [-0.15, -0.1) is 11.3 Å². The second-order valence-electron chi connectivity index (χ2n) is 7.05. The molecule has 160 valence electrons. The molecule has 3 aromatic rings. The molecule has 2 heterocycles. The highest BCUT2D eigenvalue weighted by Crippen LogP contribution is 2.36. The number of ether oxygens (including phenoxy) is 1. The Bertz CT molecular complexity index is 1210. The van der Waals surface area contributed by atoms with E-state index in [1.165, 1.54) is 17.6 Å². The minimum absolute atomic E-state index is 0.288. The van der Waals surface area contributed by atoms with E-state index in [1.54, 1.807) is 44.4 Å². The topological polar surface area (TPSA) is 78.3 Å². The number of thiophene rings is 1. The van der Waals surface area contributed by atoms with Gasteiger partial charge in [0.2, 0.25) is 0 Å². The van der Waals surface area contributed by atoms with Crippen LogP contribution in [0.25, 0.3) is 15.4 Å². The summed E-state index contributed by atoms with van der Waals surface area (Å²) >= 11 is 7.95. The summed E-state index contributed by atoms with van der Waals surface area (Å²) < 4.78 is 31.0. The summed E-state index contributed by atoms with van der Waals surface area (Å²) in [5, 5.41) is 1.21.